The zero-order valence-corrected chi connectivity index (χ0v) is 18.2. The summed E-state index contributed by atoms with van der Waals surface area (Å²) >= 11 is 0. The third-order valence-corrected chi connectivity index (χ3v) is 6.34. The van der Waals surface area contributed by atoms with Gasteiger partial charge in [-0.15, -0.1) is 15.3 Å². The Kier molecular flexibility index (Phi) is 5.66. The van der Waals surface area contributed by atoms with Gasteiger partial charge in [-0.25, -0.2) is 4.68 Å². The minimum absolute atomic E-state index is 0.0142. The van der Waals surface area contributed by atoms with Crippen LogP contribution >= 0.6 is 0 Å². The van der Waals surface area contributed by atoms with Gasteiger partial charge >= 0.3 is 0 Å². The molecule has 2 fully saturated rings. The number of amides is 1. The van der Waals surface area contributed by atoms with Gasteiger partial charge in [-0.05, 0) is 59.5 Å². The van der Waals surface area contributed by atoms with E-state index in [1.807, 2.05) is 35.2 Å². The fourth-order valence-electron chi connectivity index (χ4n) is 4.28. The lowest BCUT2D eigenvalue weighted by atomic mass is 9.99. The number of aromatic nitrogens is 6. The van der Waals surface area contributed by atoms with Gasteiger partial charge in [0.25, 0.3) is 5.91 Å². The smallest absolute Gasteiger partial charge is 0.254 e. The molecule has 166 valence electrons. The number of benzene rings is 1. The third-order valence-electron chi connectivity index (χ3n) is 6.34. The number of piperazine rings is 1. The molecule has 10 heteroatoms. The quantitative estimate of drug-likeness (QED) is 0.613. The first-order chi connectivity index (χ1) is 15.7. The van der Waals surface area contributed by atoms with E-state index in [9.17, 15) is 4.79 Å². The molecule has 0 radical (unpaired) electrons. The fraction of sp³-hybridized carbons (Fsp3) is 0.455. The number of tetrazole rings is 1. The summed E-state index contributed by atoms with van der Waals surface area (Å²) in [5.74, 6) is 2.63. The predicted octanol–water partition coefficient (Wildman–Crippen LogP) is 1.65. The highest BCUT2D eigenvalue weighted by atomic mass is 16.2. The van der Waals surface area contributed by atoms with Gasteiger partial charge in [-0.1, -0.05) is 13.0 Å². The van der Waals surface area contributed by atoms with E-state index in [1.54, 1.807) is 4.68 Å². The Labute approximate surface area is 186 Å². The summed E-state index contributed by atoms with van der Waals surface area (Å²) in [4.78, 5) is 19.4. The first-order valence-electron chi connectivity index (χ1n) is 11.1. The summed E-state index contributed by atoms with van der Waals surface area (Å²) in [5, 5.41) is 20.1. The normalized spacial score (nSPS) is 17.6. The Morgan fingerprint density at radius 3 is 2.22 bits per heavy atom. The molecule has 0 N–H and O–H groups in total. The Bertz CT molecular complexity index is 1040. The molecular formula is C22H27N9O. The first kappa shape index (κ1) is 20.3. The van der Waals surface area contributed by atoms with Crippen LogP contribution in [-0.2, 0) is 0 Å². The van der Waals surface area contributed by atoms with E-state index < -0.39 is 0 Å². The van der Waals surface area contributed by atoms with Crippen LogP contribution in [0, 0.1) is 5.92 Å². The van der Waals surface area contributed by atoms with Crippen molar-refractivity contribution in [2.24, 2.45) is 5.92 Å². The lowest BCUT2D eigenvalue weighted by Gasteiger charge is -2.35. The maximum Gasteiger partial charge on any atom is 0.254 e. The standard InChI is InChI=1S/C22H27N9O/c1-17-7-9-28(10-8-17)20-5-6-21(25-24-20)29-11-13-30(14-12-29)22(32)18-3-2-4-19(15-18)31-16-23-26-27-31/h2-6,15-17H,7-14H2,1H3. The molecule has 3 aromatic rings. The summed E-state index contributed by atoms with van der Waals surface area (Å²) in [6, 6.07) is 11.5. The van der Waals surface area contributed by atoms with Gasteiger partial charge in [0.15, 0.2) is 11.6 Å². The summed E-state index contributed by atoms with van der Waals surface area (Å²) in [6.45, 7) is 7.14. The molecule has 1 aromatic carbocycles. The van der Waals surface area contributed by atoms with Crippen molar-refractivity contribution in [2.45, 2.75) is 19.8 Å². The maximum absolute atomic E-state index is 13.0. The first-order valence-corrected chi connectivity index (χ1v) is 11.1. The van der Waals surface area contributed by atoms with Crippen LogP contribution in [-0.4, -0.2) is 80.5 Å². The van der Waals surface area contributed by atoms with Crippen molar-refractivity contribution < 1.29 is 4.79 Å². The monoisotopic (exact) mass is 433 g/mol. The second-order valence-electron chi connectivity index (χ2n) is 8.50. The van der Waals surface area contributed by atoms with Crippen molar-refractivity contribution >= 4 is 17.5 Å². The minimum atomic E-state index is 0.0142. The van der Waals surface area contributed by atoms with Crippen LogP contribution < -0.4 is 9.80 Å². The van der Waals surface area contributed by atoms with E-state index in [2.05, 4.69) is 48.5 Å². The van der Waals surface area contributed by atoms with Crippen molar-refractivity contribution in [1.82, 2.24) is 35.3 Å². The molecule has 2 aliphatic heterocycles. The lowest BCUT2D eigenvalue weighted by Crippen LogP contribution is -2.49. The van der Waals surface area contributed by atoms with Crippen LogP contribution in [0.2, 0.25) is 0 Å². The van der Waals surface area contributed by atoms with Crippen molar-refractivity contribution in [1.29, 1.82) is 0 Å². The van der Waals surface area contributed by atoms with Crippen molar-refractivity contribution in [3.8, 4) is 5.69 Å². The molecular weight excluding hydrogens is 406 g/mol. The molecule has 0 unspecified atom stereocenters. The molecule has 0 saturated carbocycles. The van der Waals surface area contributed by atoms with E-state index in [1.165, 1.54) is 19.2 Å². The number of hydrogen-bond donors (Lipinski definition) is 0. The number of piperidine rings is 1. The molecule has 0 aliphatic carbocycles. The van der Waals surface area contributed by atoms with Gasteiger partial charge in [0.2, 0.25) is 0 Å². The van der Waals surface area contributed by atoms with Crippen LogP contribution in [0.4, 0.5) is 11.6 Å². The van der Waals surface area contributed by atoms with Gasteiger partial charge in [-0.2, -0.15) is 0 Å². The highest BCUT2D eigenvalue weighted by molar-refractivity contribution is 5.95. The second-order valence-corrected chi connectivity index (χ2v) is 8.50. The highest BCUT2D eigenvalue weighted by Crippen LogP contribution is 2.22. The largest absolute Gasteiger partial charge is 0.355 e. The van der Waals surface area contributed by atoms with Crippen molar-refractivity contribution in [3.63, 3.8) is 0 Å². The van der Waals surface area contributed by atoms with Crippen molar-refractivity contribution in [2.75, 3.05) is 49.1 Å². The topological polar surface area (TPSA) is 96.2 Å². The summed E-state index contributed by atoms with van der Waals surface area (Å²) < 4.78 is 1.54. The lowest BCUT2D eigenvalue weighted by molar-refractivity contribution is 0.0746. The number of rotatable bonds is 4. The SMILES string of the molecule is CC1CCN(c2ccc(N3CCN(C(=O)c4cccc(-n5cnnn5)c4)CC3)nn2)CC1. The van der Waals surface area contributed by atoms with E-state index in [0.29, 0.717) is 18.7 Å². The average molecular weight is 434 g/mol. The van der Waals surface area contributed by atoms with Gasteiger partial charge in [0.05, 0.1) is 5.69 Å². The van der Waals surface area contributed by atoms with Gasteiger partial charge in [-0.3, -0.25) is 4.79 Å². The zero-order valence-electron chi connectivity index (χ0n) is 18.2. The fourth-order valence-corrected chi connectivity index (χ4v) is 4.28. The van der Waals surface area contributed by atoms with Gasteiger partial charge in [0, 0.05) is 44.8 Å². The van der Waals surface area contributed by atoms with Crippen LogP contribution in [0.15, 0.2) is 42.7 Å². The zero-order chi connectivity index (χ0) is 21.9. The van der Waals surface area contributed by atoms with E-state index in [0.717, 1.165) is 49.4 Å². The van der Waals surface area contributed by atoms with Crippen LogP contribution in [0.1, 0.15) is 30.1 Å². The third kappa shape index (κ3) is 4.25. The molecule has 2 saturated heterocycles. The molecule has 10 nitrogen and oxygen atoms in total. The molecule has 5 rings (SSSR count). The molecule has 32 heavy (non-hydrogen) atoms. The average Bonchev–Trinajstić information content (AvgIpc) is 3.40. The molecule has 0 spiro atoms. The predicted molar refractivity (Wildman–Crippen MR) is 120 cm³/mol. The Hall–Kier alpha value is -3.56. The highest BCUT2D eigenvalue weighted by Gasteiger charge is 2.24. The molecule has 2 aliphatic rings. The van der Waals surface area contributed by atoms with Gasteiger partial charge in [0.1, 0.15) is 6.33 Å². The number of anilines is 2. The van der Waals surface area contributed by atoms with E-state index in [-0.39, 0.29) is 5.91 Å². The number of carbonyl (C=O) groups excluding carboxylic acids is 1. The molecule has 0 bridgehead atoms. The van der Waals surface area contributed by atoms with Crippen LogP contribution in [0.25, 0.3) is 5.69 Å². The summed E-state index contributed by atoms with van der Waals surface area (Å²) in [6.07, 6.45) is 3.93. The van der Waals surface area contributed by atoms with E-state index in [4.69, 9.17) is 0 Å². The summed E-state index contributed by atoms with van der Waals surface area (Å²) in [7, 11) is 0. The number of carbonyl (C=O) groups is 1. The maximum atomic E-state index is 13.0. The number of hydrogen-bond acceptors (Lipinski definition) is 8. The summed E-state index contributed by atoms with van der Waals surface area (Å²) in [5.41, 5.74) is 1.39. The van der Waals surface area contributed by atoms with Crippen molar-refractivity contribution in [3.05, 3.63) is 48.3 Å². The molecule has 2 aromatic heterocycles. The Balaban J connectivity index is 1.19. The molecule has 4 heterocycles. The Morgan fingerprint density at radius 2 is 1.59 bits per heavy atom. The van der Waals surface area contributed by atoms with Crippen LogP contribution in [0.3, 0.4) is 0 Å². The second kappa shape index (κ2) is 8.89. The minimum Gasteiger partial charge on any atom is -0.355 e. The van der Waals surface area contributed by atoms with Gasteiger partial charge < -0.3 is 14.7 Å². The van der Waals surface area contributed by atoms with E-state index >= 15 is 0 Å². The number of nitrogens with zero attached hydrogens (tertiary/aromatic N) is 9. The Morgan fingerprint density at radius 1 is 0.906 bits per heavy atom. The van der Waals surface area contributed by atoms with Crippen LogP contribution in [0.5, 0.6) is 0 Å². The molecule has 0 atom stereocenters. The molecule has 1 amide bonds.